The van der Waals surface area contributed by atoms with Crippen LogP contribution < -0.4 is 0 Å². The standard InChI is InChI=1S/C18H21ClN6O3/c1-11(2)23(10-24-13(4)17(25(26)27)12(3)22-24)9-16-20-21-18(28-16)14-5-7-15(19)8-6-14/h5-8,11H,9-10H2,1-4H3. The molecule has 0 fully saturated rings. The molecule has 0 bridgehead atoms. The van der Waals surface area contributed by atoms with Gasteiger partial charge in [0.25, 0.3) is 0 Å². The maximum Gasteiger partial charge on any atom is 0.312 e. The SMILES string of the molecule is Cc1nn(CN(Cc2nnc(-c3ccc(Cl)cc3)o2)C(C)C)c(C)c1[N+](=O)[O-]. The first-order valence-corrected chi connectivity index (χ1v) is 9.14. The van der Waals surface area contributed by atoms with E-state index in [1.165, 1.54) is 0 Å². The van der Waals surface area contributed by atoms with E-state index in [1.54, 1.807) is 30.7 Å². The first kappa shape index (κ1) is 20.0. The molecule has 0 unspecified atom stereocenters. The van der Waals surface area contributed by atoms with E-state index in [0.29, 0.717) is 41.4 Å². The summed E-state index contributed by atoms with van der Waals surface area (Å²) < 4.78 is 7.41. The Kier molecular flexibility index (Phi) is 5.76. The molecule has 2 aromatic heterocycles. The number of hydrogen-bond donors (Lipinski definition) is 0. The van der Waals surface area contributed by atoms with Crippen LogP contribution in [0.15, 0.2) is 28.7 Å². The summed E-state index contributed by atoms with van der Waals surface area (Å²) in [4.78, 5) is 12.9. The highest BCUT2D eigenvalue weighted by Gasteiger charge is 2.24. The molecule has 0 saturated heterocycles. The topological polar surface area (TPSA) is 103 Å². The van der Waals surface area contributed by atoms with Gasteiger partial charge in [-0.3, -0.25) is 15.0 Å². The van der Waals surface area contributed by atoms with Gasteiger partial charge >= 0.3 is 5.69 Å². The predicted octanol–water partition coefficient (Wildman–Crippen LogP) is 3.98. The average Bonchev–Trinajstić information content (AvgIpc) is 3.19. The van der Waals surface area contributed by atoms with Gasteiger partial charge in [-0.15, -0.1) is 10.2 Å². The van der Waals surface area contributed by atoms with Gasteiger partial charge in [0.05, 0.1) is 18.1 Å². The summed E-state index contributed by atoms with van der Waals surface area (Å²) >= 11 is 5.91. The molecule has 0 atom stereocenters. The van der Waals surface area contributed by atoms with Gasteiger partial charge in [0.2, 0.25) is 11.8 Å². The number of aromatic nitrogens is 4. The average molecular weight is 405 g/mol. The van der Waals surface area contributed by atoms with E-state index in [-0.39, 0.29) is 11.7 Å². The number of hydrogen-bond acceptors (Lipinski definition) is 7. The number of halogens is 1. The molecule has 0 amide bonds. The Morgan fingerprint density at radius 2 is 1.93 bits per heavy atom. The fraction of sp³-hybridized carbons (Fsp3) is 0.389. The van der Waals surface area contributed by atoms with E-state index in [0.717, 1.165) is 5.56 Å². The number of rotatable bonds is 7. The number of nitrogens with zero attached hydrogens (tertiary/aromatic N) is 6. The van der Waals surface area contributed by atoms with Crippen LogP contribution in [-0.2, 0) is 13.2 Å². The van der Waals surface area contributed by atoms with Crippen LogP contribution in [0.4, 0.5) is 5.69 Å². The van der Waals surface area contributed by atoms with Gasteiger partial charge in [-0.1, -0.05) is 11.6 Å². The lowest BCUT2D eigenvalue weighted by Crippen LogP contribution is -2.33. The molecule has 0 aliphatic carbocycles. The second kappa shape index (κ2) is 8.07. The molecular weight excluding hydrogens is 384 g/mol. The fourth-order valence-corrected chi connectivity index (χ4v) is 2.98. The van der Waals surface area contributed by atoms with E-state index in [2.05, 4.69) is 15.3 Å². The van der Waals surface area contributed by atoms with Gasteiger partial charge in [0.15, 0.2) is 0 Å². The fourth-order valence-electron chi connectivity index (χ4n) is 2.86. The molecule has 1 aromatic carbocycles. The summed E-state index contributed by atoms with van der Waals surface area (Å²) in [7, 11) is 0. The van der Waals surface area contributed by atoms with Crippen LogP contribution in [0.25, 0.3) is 11.5 Å². The van der Waals surface area contributed by atoms with Crippen LogP contribution >= 0.6 is 11.6 Å². The zero-order valence-electron chi connectivity index (χ0n) is 16.1. The minimum absolute atomic E-state index is 0.0477. The molecule has 9 nitrogen and oxygen atoms in total. The summed E-state index contributed by atoms with van der Waals surface area (Å²) in [5, 5.41) is 24.4. The van der Waals surface area contributed by atoms with E-state index in [9.17, 15) is 10.1 Å². The van der Waals surface area contributed by atoms with Crippen LogP contribution in [0.2, 0.25) is 5.02 Å². The minimum atomic E-state index is -0.399. The molecular formula is C18H21ClN6O3. The van der Waals surface area contributed by atoms with Crippen molar-refractivity contribution in [3.63, 3.8) is 0 Å². The van der Waals surface area contributed by atoms with Crippen molar-refractivity contribution < 1.29 is 9.34 Å². The molecule has 0 aliphatic heterocycles. The first-order valence-electron chi connectivity index (χ1n) is 8.77. The summed E-state index contributed by atoms with van der Waals surface area (Å²) in [5.41, 5.74) is 1.74. The lowest BCUT2D eigenvalue weighted by molar-refractivity contribution is -0.386. The summed E-state index contributed by atoms with van der Waals surface area (Å²) in [6, 6.07) is 7.28. The third-order valence-electron chi connectivity index (χ3n) is 4.47. The van der Waals surface area contributed by atoms with Crippen molar-refractivity contribution in [2.24, 2.45) is 0 Å². The monoisotopic (exact) mass is 404 g/mol. The lowest BCUT2D eigenvalue weighted by Gasteiger charge is -2.25. The molecule has 0 saturated carbocycles. The second-order valence-electron chi connectivity index (χ2n) is 6.77. The van der Waals surface area contributed by atoms with Gasteiger partial charge in [0, 0.05) is 16.6 Å². The van der Waals surface area contributed by atoms with Gasteiger partial charge in [0.1, 0.15) is 11.4 Å². The summed E-state index contributed by atoms with van der Waals surface area (Å²) in [5.74, 6) is 0.867. The zero-order chi connectivity index (χ0) is 20.4. The highest BCUT2D eigenvalue weighted by atomic mass is 35.5. The van der Waals surface area contributed by atoms with Crippen LogP contribution in [0, 0.1) is 24.0 Å². The van der Waals surface area contributed by atoms with Crippen LogP contribution in [0.3, 0.4) is 0 Å². The van der Waals surface area contributed by atoms with Crippen molar-refractivity contribution >= 4 is 17.3 Å². The normalized spacial score (nSPS) is 11.5. The van der Waals surface area contributed by atoms with Crippen molar-refractivity contribution in [1.82, 2.24) is 24.9 Å². The predicted molar refractivity (Wildman–Crippen MR) is 104 cm³/mol. The van der Waals surface area contributed by atoms with Crippen molar-refractivity contribution in [1.29, 1.82) is 0 Å². The molecule has 28 heavy (non-hydrogen) atoms. The largest absolute Gasteiger partial charge is 0.419 e. The first-order chi connectivity index (χ1) is 13.3. The van der Waals surface area contributed by atoms with Gasteiger partial charge in [-0.05, 0) is 52.0 Å². The Labute approximate surface area is 167 Å². The molecule has 3 rings (SSSR count). The maximum absolute atomic E-state index is 11.2. The zero-order valence-corrected chi connectivity index (χ0v) is 16.8. The van der Waals surface area contributed by atoms with Crippen molar-refractivity contribution in [2.75, 3.05) is 0 Å². The highest BCUT2D eigenvalue weighted by molar-refractivity contribution is 6.30. The highest BCUT2D eigenvalue weighted by Crippen LogP contribution is 2.24. The smallest absolute Gasteiger partial charge is 0.312 e. The van der Waals surface area contributed by atoms with Crippen molar-refractivity contribution in [2.45, 2.75) is 47.0 Å². The maximum atomic E-state index is 11.2. The number of aryl methyl sites for hydroxylation is 1. The summed E-state index contributed by atoms with van der Waals surface area (Å²) in [6.07, 6.45) is 0. The molecule has 10 heteroatoms. The molecule has 0 radical (unpaired) electrons. The van der Waals surface area contributed by atoms with E-state index in [4.69, 9.17) is 16.0 Å². The Morgan fingerprint density at radius 3 is 2.50 bits per heavy atom. The molecule has 0 aliphatic rings. The minimum Gasteiger partial charge on any atom is -0.419 e. The third kappa shape index (κ3) is 4.20. The quantitative estimate of drug-likeness (QED) is 0.433. The van der Waals surface area contributed by atoms with Gasteiger partial charge < -0.3 is 4.42 Å². The van der Waals surface area contributed by atoms with Gasteiger partial charge in [-0.25, -0.2) is 4.68 Å². The lowest BCUT2D eigenvalue weighted by atomic mass is 10.2. The van der Waals surface area contributed by atoms with Crippen LogP contribution in [0.5, 0.6) is 0 Å². The molecule has 0 N–H and O–H groups in total. The Bertz CT molecular complexity index is 980. The van der Waals surface area contributed by atoms with E-state index < -0.39 is 4.92 Å². The number of nitro groups is 1. The molecule has 148 valence electrons. The Morgan fingerprint density at radius 1 is 1.25 bits per heavy atom. The Balaban J connectivity index is 1.78. The van der Waals surface area contributed by atoms with Crippen molar-refractivity contribution in [3.05, 3.63) is 56.7 Å². The van der Waals surface area contributed by atoms with Crippen molar-refractivity contribution in [3.8, 4) is 11.5 Å². The molecule has 3 aromatic rings. The summed E-state index contributed by atoms with van der Waals surface area (Å²) in [6.45, 7) is 8.15. The molecule has 2 heterocycles. The molecule has 0 spiro atoms. The Hall–Kier alpha value is -2.78. The van der Waals surface area contributed by atoms with Crippen LogP contribution in [0.1, 0.15) is 31.1 Å². The van der Waals surface area contributed by atoms with Crippen LogP contribution in [-0.4, -0.2) is 35.8 Å². The second-order valence-corrected chi connectivity index (χ2v) is 7.20. The van der Waals surface area contributed by atoms with E-state index in [1.807, 2.05) is 30.9 Å². The number of benzene rings is 1. The van der Waals surface area contributed by atoms with Gasteiger partial charge in [-0.2, -0.15) is 5.10 Å². The van der Waals surface area contributed by atoms with E-state index >= 15 is 0 Å². The third-order valence-corrected chi connectivity index (χ3v) is 4.72.